The van der Waals surface area contributed by atoms with E-state index in [-0.39, 0.29) is 12.6 Å². The van der Waals surface area contributed by atoms with Gasteiger partial charge in [0.05, 0.1) is 0 Å². The van der Waals surface area contributed by atoms with Gasteiger partial charge in [0, 0.05) is 27.1 Å². The molecule has 7 heteroatoms. The molecule has 2 aromatic rings. The van der Waals surface area contributed by atoms with E-state index >= 15 is 0 Å². The first-order valence-electron chi connectivity index (χ1n) is 9.05. The molecule has 1 fully saturated rings. The Morgan fingerprint density at radius 2 is 1.67 bits per heavy atom. The highest BCUT2D eigenvalue weighted by molar-refractivity contribution is 6.76. The maximum Gasteiger partial charge on any atom is 0.327 e. The van der Waals surface area contributed by atoms with Crippen LogP contribution in [0.15, 0.2) is 48.8 Å². The lowest BCUT2D eigenvalue weighted by atomic mass is 10.0. The molecule has 6 nitrogen and oxygen atoms in total. The molecule has 3 amide bonds. The second kappa shape index (κ2) is 8.02. The van der Waals surface area contributed by atoms with E-state index in [0.717, 1.165) is 27.6 Å². The number of pyridine rings is 1. The lowest BCUT2D eigenvalue weighted by Crippen LogP contribution is -2.34. The van der Waals surface area contributed by atoms with Gasteiger partial charge in [-0.3, -0.25) is 9.78 Å². The Hall–Kier alpha value is -2.51. The van der Waals surface area contributed by atoms with Gasteiger partial charge < -0.3 is 10.1 Å². The van der Waals surface area contributed by atoms with Crippen LogP contribution in [0.1, 0.15) is 11.6 Å². The van der Waals surface area contributed by atoms with E-state index < -0.39 is 20.1 Å². The van der Waals surface area contributed by atoms with Crippen LogP contribution in [0, 0.1) is 0 Å². The van der Waals surface area contributed by atoms with E-state index in [1.54, 1.807) is 12.4 Å². The Morgan fingerprint density at radius 1 is 1.04 bits per heavy atom. The van der Waals surface area contributed by atoms with Crippen LogP contribution in [0.2, 0.25) is 25.7 Å². The number of ether oxygens (including phenoxy) is 1. The van der Waals surface area contributed by atoms with Gasteiger partial charge in [0.25, 0.3) is 5.91 Å². The molecule has 1 aliphatic rings. The number of carbonyl (C=O) groups is 2. The number of aromatic nitrogens is 1. The van der Waals surface area contributed by atoms with Gasteiger partial charge in [-0.2, -0.15) is 0 Å². The Labute approximate surface area is 160 Å². The number of hydrogen-bond donors (Lipinski definition) is 1. The fourth-order valence-corrected chi connectivity index (χ4v) is 3.57. The summed E-state index contributed by atoms with van der Waals surface area (Å²) in [7, 11) is -1.20. The normalized spacial score (nSPS) is 17.3. The second-order valence-corrected chi connectivity index (χ2v) is 13.5. The number of carbonyl (C=O) groups excluding carboxylic acids is 2. The Balaban J connectivity index is 1.62. The average Bonchev–Trinajstić information content (AvgIpc) is 2.93. The predicted molar refractivity (Wildman–Crippen MR) is 107 cm³/mol. The van der Waals surface area contributed by atoms with Crippen molar-refractivity contribution in [2.75, 3.05) is 13.3 Å². The molecule has 1 saturated heterocycles. The van der Waals surface area contributed by atoms with Gasteiger partial charge >= 0.3 is 6.03 Å². The maximum absolute atomic E-state index is 12.6. The van der Waals surface area contributed by atoms with E-state index in [1.165, 1.54) is 0 Å². The average molecular weight is 384 g/mol. The molecule has 142 valence electrons. The molecule has 2 heterocycles. The summed E-state index contributed by atoms with van der Waals surface area (Å²) in [6.45, 7) is 7.35. The fourth-order valence-electron chi connectivity index (χ4n) is 2.81. The molecule has 0 unspecified atom stereocenters. The van der Waals surface area contributed by atoms with Gasteiger partial charge in [0.1, 0.15) is 12.8 Å². The standard InChI is InChI=1S/C20H25N3O3Si/c1-27(2,3)13-12-26-14-23-19(24)18(22-20(23)25)17-6-4-15(5-7-17)16-8-10-21-11-9-16/h4-11,18H,12-14H2,1-3H3,(H,22,25)/t18-/m0/s1. The molecule has 1 aliphatic heterocycles. The first kappa shape index (κ1) is 19.3. The van der Waals surface area contributed by atoms with Crippen molar-refractivity contribution in [3.8, 4) is 11.1 Å². The summed E-state index contributed by atoms with van der Waals surface area (Å²) in [5.41, 5.74) is 2.84. The monoisotopic (exact) mass is 383 g/mol. The van der Waals surface area contributed by atoms with Crippen molar-refractivity contribution in [2.45, 2.75) is 31.7 Å². The van der Waals surface area contributed by atoms with Crippen molar-refractivity contribution in [3.63, 3.8) is 0 Å². The van der Waals surface area contributed by atoms with Crippen LogP contribution in [-0.2, 0) is 9.53 Å². The first-order chi connectivity index (χ1) is 12.8. The number of nitrogens with one attached hydrogen (secondary N) is 1. The summed E-state index contributed by atoms with van der Waals surface area (Å²) in [5.74, 6) is -0.273. The zero-order valence-corrected chi connectivity index (χ0v) is 16.9. The van der Waals surface area contributed by atoms with E-state index in [1.807, 2.05) is 36.4 Å². The number of nitrogens with zero attached hydrogens (tertiary/aromatic N) is 2. The van der Waals surface area contributed by atoms with Gasteiger partial charge in [0.2, 0.25) is 0 Å². The number of amides is 3. The minimum atomic E-state index is -1.20. The zero-order chi connectivity index (χ0) is 19.4. The molecular weight excluding hydrogens is 358 g/mol. The van der Waals surface area contributed by atoms with Crippen LogP contribution in [0.4, 0.5) is 4.79 Å². The summed E-state index contributed by atoms with van der Waals surface area (Å²) in [6.07, 6.45) is 3.48. The molecule has 1 aromatic carbocycles. The van der Waals surface area contributed by atoms with Crippen molar-refractivity contribution in [1.29, 1.82) is 0 Å². The van der Waals surface area contributed by atoms with Crippen LogP contribution >= 0.6 is 0 Å². The Bertz CT molecular complexity index is 803. The van der Waals surface area contributed by atoms with E-state index in [4.69, 9.17) is 4.74 Å². The van der Waals surface area contributed by atoms with Crippen LogP contribution in [0.5, 0.6) is 0 Å². The van der Waals surface area contributed by atoms with Crippen LogP contribution in [0.3, 0.4) is 0 Å². The molecule has 1 atom stereocenters. The molecule has 27 heavy (non-hydrogen) atoms. The third kappa shape index (κ3) is 4.81. The SMILES string of the molecule is C[Si](C)(C)CCOCN1C(=O)N[C@@H](c2ccc(-c3ccncc3)cc2)C1=O. The fraction of sp³-hybridized carbons (Fsp3) is 0.350. The highest BCUT2D eigenvalue weighted by atomic mass is 28.3. The molecule has 1 aromatic heterocycles. The van der Waals surface area contributed by atoms with Gasteiger partial charge in [-0.05, 0) is 34.9 Å². The number of rotatable bonds is 7. The van der Waals surface area contributed by atoms with Crippen LogP contribution in [0.25, 0.3) is 11.1 Å². The minimum Gasteiger partial charge on any atom is -0.361 e. The van der Waals surface area contributed by atoms with Crippen molar-refractivity contribution in [3.05, 3.63) is 54.4 Å². The van der Waals surface area contributed by atoms with E-state index in [9.17, 15) is 9.59 Å². The van der Waals surface area contributed by atoms with E-state index in [2.05, 4.69) is 29.9 Å². The lowest BCUT2D eigenvalue weighted by Gasteiger charge is -2.17. The number of hydrogen-bond acceptors (Lipinski definition) is 4. The second-order valence-electron chi connectivity index (χ2n) is 7.85. The smallest absolute Gasteiger partial charge is 0.327 e. The van der Waals surface area contributed by atoms with E-state index in [0.29, 0.717) is 6.61 Å². The van der Waals surface area contributed by atoms with Crippen molar-refractivity contribution in [1.82, 2.24) is 15.2 Å². The highest BCUT2D eigenvalue weighted by Crippen LogP contribution is 2.25. The zero-order valence-electron chi connectivity index (χ0n) is 15.9. The lowest BCUT2D eigenvalue weighted by molar-refractivity contribution is -0.131. The van der Waals surface area contributed by atoms with Gasteiger partial charge in [-0.15, -0.1) is 0 Å². The summed E-state index contributed by atoms with van der Waals surface area (Å²) in [4.78, 5) is 29.9. The maximum atomic E-state index is 12.6. The highest BCUT2D eigenvalue weighted by Gasteiger charge is 2.38. The molecule has 0 aliphatic carbocycles. The van der Waals surface area contributed by atoms with Gasteiger partial charge in [-0.25, -0.2) is 9.69 Å². The molecule has 3 rings (SSSR count). The molecule has 0 bridgehead atoms. The first-order valence-corrected chi connectivity index (χ1v) is 12.8. The molecule has 1 N–H and O–H groups in total. The van der Waals surface area contributed by atoms with Gasteiger partial charge in [-0.1, -0.05) is 43.9 Å². The summed E-state index contributed by atoms with van der Waals surface area (Å²) >= 11 is 0. The quantitative estimate of drug-likeness (QED) is 0.450. The third-order valence-corrected chi connectivity index (χ3v) is 6.20. The van der Waals surface area contributed by atoms with Crippen LogP contribution < -0.4 is 5.32 Å². The molecule has 0 saturated carbocycles. The van der Waals surface area contributed by atoms with Crippen LogP contribution in [-0.4, -0.2) is 43.2 Å². The number of imide groups is 1. The Morgan fingerprint density at radius 3 is 2.30 bits per heavy atom. The summed E-state index contributed by atoms with van der Waals surface area (Å²) < 4.78 is 5.57. The minimum absolute atomic E-state index is 0.000740. The molecule has 0 radical (unpaired) electrons. The largest absolute Gasteiger partial charge is 0.361 e. The Kier molecular flexibility index (Phi) is 5.72. The summed E-state index contributed by atoms with van der Waals surface area (Å²) in [5, 5.41) is 2.74. The predicted octanol–water partition coefficient (Wildman–Crippen LogP) is 3.65. The topological polar surface area (TPSA) is 71.5 Å². The van der Waals surface area contributed by atoms with Crippen molar-refractivity contribution < 1.29 is 14.3 Å². The number of urea groups is 1. The van der Waals surface area contributed by atoms with Crippen molar-refractivity contribution in [2.24, 2.45) is 0 Å². The third-order valence-electron chi connectivity index (χ3n) is 4.50. The number of benzene rings is 1. The van der Waals surface area contributed by atoms with Crippen molar-refractivity contribution >= 4 is 20.0 Å². The molecular formula is C20H25N3O3Si. The molecule has 0 spiro atoms. The van der Waals surface area contributed by atoms with Gasteiger partial charge in [0.15, 0.2) is 0 Å². The summed E-state index contributed by atoms with van der Waals surface area (Å²) in [6, 6.07) is 11.4.